The molecule has 1 amide bonds. The molecule has 23 heavy (non-hydrogen) atoms. The topological polar surface area (TPSA) is 20.3 Å². The first kappa shape index (κ1) is 19.1. The van der Waals surface area contributed by atoms with Crippen molar-refractivity contribution in [2.75, 3.05) is 12.3 Å². The molecule has 0 unspecified atom stereocenters. The van der Waals surface area contributed by atoms with Gasteiger partial charge >= 0.3 is 0 Å². The SMILES string of the molecule is CCCCCCCCCCCCN1C(=O)CSC12CCCCC2. The lowest BCUT2D eigenvalue weighted by Gasteiger charge is -2.40. The van der Waals surface area contributed by atoms with Gasteiger partial charge in [0.2, 0.25) is 5.91 Å². The smallest absolute Gasteiger partial charge is 0.233 e. The fourth-order valence-corrected chi connectivity index (χ4v) is 5.66. The molecule has 2 nitrogen and oxygen atoms in total. The van der Waals surface area contributed by atoms with Crippen molar-refractivity contribution in [3.63, 3.8) is 0 Å². The molecule has 1 heterocycles. The van der Waals surface area contributed by atoms with Crippen LogP contribution >= 0.6 is 11.8 Å². The van der Waals surface area contributed by atoms with Gasteiger partial charge in [0.25, 0.3) is 0 Å². The molecule has 0 atom stereocenters. The molecule has 1 saturated carbocycles. The number of carbonyl (C=O) groups is 1. The predicted octanol–water partition coefficient (Wildman–Crippen LogP) is 6.14. The van der Waals surface area contributed by atoms with Crippen LogP contribution in [-0.4, -0.2) is 28.0 Å². The van der Waals surface area contributed by atoms with Crippen LogP contribution < -0.4 is 0 Å². The molecular formula is C20H37NOS. The summed E-state index contributed by atoms with van der Waals surface area (Å²) in [6.07, 6.45) is 20.2. The molecule has 0 bridgehead atoms. The molecule has 2 aliphatic rings. The van der Waals surface area contributed by atoms with E-state index in [9.17, 15) is 4.79 Å². The Balaban J connectivity index is 1.54. The Kier molecular flexibility index (Phi) is 8.86. The molecule has 1 spiro atoms. The minimum atomic E-state index is 0.203. The number of hydrogen-bond donors (Lipinski definition) is 0. The molecule has 0 N–H and O–H groups in total. The summed E-state index contributed by atoms with van der Waals surface area (Å²) >= 11 is 1.94. The summed E-state index contributed by atoms with van der Waals surface area (Å²) < 4.78 is 0. The lowest BCUT2D eigenvalue weighted by Crippen LogP contribution is -2.46. The second-order valence-corrected chi connectivity index (χ2v) is 8.86. The number of hydrogen-bond acceptors (Lipinski definition) is 2. The maximum Gasteiger partial charge on any atom is 0.233 e. The van der Waals surface area contributed by atoms with Crippen molar-refractivity contribution in [3.05, 3.63) is 0 Å². The Labute approximate surface area is 148 Å². The summed E-state index contributed by atoms with van der Waals surface area (Å²) in [7, 11) is 0. The molecule has 3 heteroatoms. The van der Waals surface area contributed by atoms with Gasteiger partial charge in [-0.1, -0.05) is 84.0 Å². The molecule has 1 aliphatic heterocycles. The van der Waals surface area contributed by atoms with E-state index in [1.54, 1.807) is 0 Å². The quantitative estimate of drug-likeness (QED) is 0.421. The summed E-state index contributed by atoms with van der Waals surface area (Å²) in [4.78, 5) is 14.7. The van der Waals surface area contributed by atoms with E-state index in [-0.39, 0.29) is 4.87 Å². The van der Waals surface area contributed by atoms with Crippen LogP contribution in [0.2, 0.25) is 0 Å². The molecule has 0 aromatic carbocycles. The van der Waals surface area contributed by atoms with Crippen molar-refractivity contribution in [1.29, 1.82) is 0 Å². The maximum atomic E-state index is 12.2. The van der Waals surface area contributed by atoms with Crippen LogP contribution in [0.5, 0.6) is 0 Å². The van der Waals surface area contributed by atoms with Gasteiger partial charge in [0.15, 0.2) is 0 Å². The lowest BCUT2D eigenvalue weighted by molar-refractivity contribution is -0.131. The van der Waals surface area contributed by atoms with Crippen LogP contribution in [0.15, 0.2) is 0 Å². The Morgan fingerprint density at radius 3 is 2.04 bits per heavy atom. The van der Waals surface area contributed by atoms with E-state index in [1.807, 2.05) is 11.8 Å². The number of carbonyl (C=O) groups excluding carboxylic acids is 1. The van der Waals surface area contributed by atoms with Gasteiger partial charge < -0.3 is 4.90 Å². The van der Waals surface area contributed by atoms with Gasteiger partial charge in [0.1, 0.15) is 0 Å². The van der Waals surface area contributed by atoms with E-state index in [2.05, 4.69) is 11.8 Å². The van der Waals surface area contributed by atoms with Gasteiger partial charge in [-0.25, -0.2) is 0 Å². The molecule has 0 aromatic rings. The molecule has 2 rings (SSSR count). The molecule has 2 fully saturated rings. The van der Waals surface area contributed by atoms with Crippen molar-refractivity contribution in [1.82, 2.24) is 4.90 Å². The van der Waals surface area contributed by atoms with E-state index >= 15 is 0 Å². The van der Waals surface area contributed by atoms with Crippen LogP contribution in [0, 0.1) is 0 Å². The van der Waals surface area contributed by atoms with Gasteiger partial charge in [-0.15, -0.1) is 11.8 Å². The van der Waals surface area contributed by atoms with Gasteiger partial charge in [-0.2, -0.15) is 0 Å². The zero-order valence-corrected chi connectivity index (χ0v) is 16.1. The summed E-state index contributed by atoms with van der Waals surface area (Å²) in [6.45, 7) is 3.30. The van der Waals surface area contributed by atoms with Crippen LogP contribution in [0.25, 0.3) is 0 Å². The van der Waals surface area contributed by atoms with Crippen LogP contribution in [0.4, 0.5) is 0 Å². The van der Waals surface area contributed by atoms with Gasteiger partial charge in [0, 0.05) is 6.54 Å². The molecule has 134 valence electrons. The molecule has 0 aromatic heterocycles. The van der Waals surface area contributed by atoms with E-state index in [0.717, 1.165) is 12.3 Å². The Hall–Kier alpha value is -0.180. The summed E-state index contributed by atoms with van der Waals surface area (Å²) in [5.41, 5.74) is 0. The summed E-state index contributed by atoms with van der Waals surface area (Å²) in [6, 6.07) is 0. The highest BCUT2D eigenvalue weighted by atomic mass is 32.2. The molecule has 1 saturated heterocycles. The van der Waals surface area contributed by atoms with E-state index in [4.69, 9.17) is 0 Å². The Morgan fingerprint density at radius 1 is 0.870 bits per heavy atom. The van der Waals surface area contributed by atoms with Crippen molar-refractivity contribution >= 4 is 17.7 Å². The third-order valence-electron chi connectivity index (χ3n) is 5.63. The third-order valence-corrected chi connectivity index (χ3v) is 7.18. The standard InChI is InChI=1S/C20H37NOS/c1-2-3-4-5-6-7-8-9-10-14-17-21-19(22)18-23-20(21)15-12-11-13-16-20/h2-18H2,1H3. The second-order valence-electron chi connectivity index (χ2n) is 7.52. The maximum absolute atomic E-state index is 12.2. The largest absolute Gasteiger partial charge is 0.327 e. The number of nitrogens with zero attached hydrogens (tertiary/aromatic N) is 1. The minimum absolute atomic E-state index is 0.203. The normalized spacial score (nSPS) is 20.6. The van der Waals surface area contributed by atoms with E-state index in [0.29, 0.717) is 5.91 Å². The van der Waals surface area contributed by atoms with E-state index in [1.165, 1.54) is 96.3 Å². The minimum Gasteiger partial charge on any atom is -0.327 e. The number of rotatable bonds is 11. The zero-order valence-electron chi connectivity index (χ0n) is 15.3. The first-order valence-electron chi connectivity index (χ1n) is 10.2. The Morgan fingerprint density at radius 2 is 1.43 bits per heavy atom. The molecule has 1 aliphatic carbocycles. The fourth-order valence-electron chi connectivity index (χ4n) is 4.18. The highest BCUT2D eigenvalue weighted by Crippen LogP contribution is 2.47. The first-order chi connectivity index (χ1) is 11.3. The zero-order chi connectivity index (χ0) is 16.4. The average Bonchev–Trinajstić information content (AvgIpc) is 2.86. The highest BCUT2D eigenvalue weighted by molar-refractivity contribution is 8.01. The van der Waals surface area contributed by atoms with Crippen molar-refractivity contribution in [2.45, 2.75) is 108 Å². The lowest BCUT2D eigenvalue weighted by atomic mass is 9.93. The summed E-state index contributed by atoms with van der Waals surface area (Å²) in [5.74, 6) is 1.14. The van der Waals surface area contributed by atoms with Crippen LogP contribution in [0.1, 0.15) is 103 Å². The van der Waals surface area contributed by atoms with Crippen LogP contribution in [-0.2, 0) is 4.79 Å². The second kappa shape index (κ2) is 10.6. The first-order valence-corrected chi connectivity index (χ1v) is 11.2. The van der Waals surface area contributed by atoms with Crippen molar-refractivity contribution in [2.24, 2.45) is 0 Å². The third kappa shape index (κ3) is 5.99. The molecule has 0 radical (unpaired) electrons. The fraction of sp³-hybridized carbons (Fsp3) is 0.950. The van der Waals surface area contributed by atoms with Gasteiger partial charge in [0.05, 0.1) is 10.6 Å². The van der Waals surface area contributed by atoms with Crippen LogP contribution in [0.3, 0.4) is 0 Å². The monoisotopic (exact) mass is 339 g/mol. The highest BCUT2D eigenvalue weighted by Gasteiger charge is 2.45. The Bertz CT molecular complexity index is 339. The van der Waals surface area contributed by atoms with Crippen molar-refractivity contribution in [3.8, 4) is 0 Å². The van der Waals surface area contributed by atoms with Crippen molar-refractivity contribution < 1.29 is 4.79 Å². The van der Waals surface area contributed by atoms with Gasteiger partial charge in [-0.05, 0) is 19.3 Å². The number of amides is 1. The average molecular weight is 340 g/mol. The number of unbranched alkanes of at least 4 members (excludes halogenated alkanes) is 9. The number of thioether (sulfide) groups is 1. The van der Waals surface area contributed by atoms with E-state index < -0.39 is 0 Å². The van der Waals surface area contributed by atoms with Gasteiger partial charge in [-0.3, -0.25) is 4.79 Å². The molecular weight excluding hydrogens is 302 g/mol. The predicted molar refractivity (Wildman–Crippen MR) is 102 cm³/mol. The summed E-state index contributed by atoms with van der Waals surface area (Å²) in [5, 5.41) is 0.